The summed E-state index contributed by atoms with van der Waals surface area (Å²) in [5.41, 5.74) is 0. The first kappa shape index (κ1) is 10.6. The minimum Gasteiger partial charge on any atom is -0.332 e. The highest BCUT2D eigenvalue weighted by Crippen LogP contribution is 2.20. The van der Waals surface area contributed by atoms with E-state index in [4.69, 9.17) is 0 Å². The van der Waals surface area contributed by atoms with Crippen LogP contribution in [0.1, 0.15) is 15.5 Å². The van der Waals surface area contributed by atoms with Crippen LogP contribution in [0.2, 0.25) is 0 Å². The molecule has 0 aliphatic heterocycles. The van der Waals surface area contributed by atoms with Crippen LogP contribution in [-0.4, -0.2) is 15.3 Å². The summed E-state index contributed by atoms with van der Waals surface area (Å²) in [5, 5.41) is 1.97. The Labute approximate surface area is 99.9 Å². The van der Waals surface area contributed by atoms with Gasteiger partial charge in [-0.2, -0.15) is 0 Å². The Morgan fingerprint density at radius 2 is 2.47 bits per heavy atom. The maximum absolute atomic E-state index is 11.8. The second-order valence-corrected chi connectivity index (χ2v) is 5.10. The average Bonchev–Trinajstić information content (AvgIpc) is 2.75. The third-order valence-electron chi connectivity index (χ3n) is 2.03. The highest BCUT2D eigenvalue weighted by Gasteiger charge is 2.12. The summed E-state index contributed by atoms with van der Waals surface area (Å²) in [6, 6.07) is 1.96. The molecule has 0 unspecified atom stereocenters. The normalized spacial score (nSPS) is 10.5. The summed E-state index contributed by atoms with van der Waals surface area (Å²) in [6.07, 6.45) is 3.83. The quantitative estimate of drug-likeness (QED) is 0.813. The van der Waals surface area contributed by atoms with Crippen LogP contribution in [0, 0.1) is 0 Å². The maximum Gasteiger partial charge on any atom is 0.203 e. The van der Waals surface area contributed by atoms with Crippen molar-refractivity contribution in [3.05, 3.63) is 39.0 Å². The molecule has 2 rings (SSSR count). The van der Waals surface area contributed by atoms with Gasteiger partial charge in [-0.1, -0.05) is 0 Å². The van der Waals surface area contributed by atoms with E-state index in [1.807, 2.05) is 18.5 Å². The van der Waals surface area contributed by atoms with E-state index in [-0.39, 0.29) is 5.78 Å². The average molecular weight is 285 g/mol. The number of thiophene rings is 1. The van der Waals surface area contributed by atoms with E-state index >= 15 is 0 Å². The van der Waals surface area contributed by atoms with E-state index in [1.165, 1.54) is 0 Å². The van der Waals surface area contributed by atoms with Crippen LogP contribution < -0.4 is 0 Å². The van der Waals surface area contributed by atoms with Crippen molar-refractivity contribution in [3.8, 4) is 0 Å². The third kappa shape index (κ3) is 2.35. The minimum atomic E-state index is 0.0526. The summed E-state index contributed by atoms with van der Waals surface area (Å²) in [7, 11) is 1.82. The summed E-state index contributed by atoms with van der Waals surface area (Å²) < 4.78 is 2.76. The van der Waals surface area contributed by atoms with Crippen LogP contribution in [0.4, 0.5) is 0 Å². The molecule has 0 atom stereocenters. The van der Waals surface area contributed by atoms with Crippen molar-refractivity contribution in [2.75, 3.05) is 0 Å². The number of aryl methyl sites for hydroxylation is 1. The van der Waals surface area contributed by atoms with E-state index in [1.54, 1.807) is 28.3 Å². The number of hydrogen-bond acceptors (Lipinski definition) is 3. The minimum absolute atomic E-state index is 0.0526. The molecule has 0 N–H and O–H groups in total. The van der Waals surface area contributed by atoms with Gasteiger partial charge in [0.05, 0.1) is 0 Å². The highest BCUT2D eigenvalue weighted by molar-refractivity contribution is 9.10. The molecule has 78 valence electrons. The molecular weight excluding hydrogens is 276 g/mol. The molecule has 0 fully saturated rings. The Morgan fingerprint density at radius 3 is 3.00 bits per heavy atom. The number of ketones is 1. The first-order valence-electron chi connectivity index (χ1n) is 4.40. The smallest absolute Gasteiger partial charge is 0.203 e. The predicted octanol–water partition coefficient (Wildman–Crippen LogP) is 2.67. The van der Waals surface area contributed by atoms with Crippen LogP contribution in [0.3, 0.4) is 0 Å². The number of rotatable bonds is 3. The van der Waals surface area contributed by atoms with Crippen molar-refractivity contribution in [2.45, 2.75) is 6.42 Å². The van der Waals surface area contributed by atoms with E-state index in [0.717, 1.165) is 9.35 Å². The molecular formula is C10H9BrN2OS. The molecule has 0 radical (unpaired) electrons. The van der Waals surface area contributed by atoms with E-state index in [0.29, 0.717) is 12.2 Å². The van der Waals surface area contributed by atoms with Gasteiger partial charge in [0, 0.05) is 40.6 Å². The Hall–Kier alpha value is -0.940. The second-order valence-electron chi connectivity index (χ2n) is 3.19. The maximum atomic E-state index is 11.8. The van der Waals surface area contributed by atoms with Gasteiger partial charge in [0.2, 0.25) is 5.78 Å². The lowest BCUT2D eigenvalue weighted by atomic mass is 10.2. The molecule has 3 nitrogen and oxygen atoms in total. The van der Waals surface area contributed by atoms with Crippen LogP contribution in [0.25, 0.3) is 0 Å². The van der Waals surface area contributed by atoms with Crippen LogP contribution >= 0.6 is 27.3 Å². The number of aromatic nitrogens is 2. The van der Waals surface area contributed by atoms with E-state index in [2.05, 4.69) is 20.9 Å². The molecule has 0 saturated carbocycles. The molecule has 2 aromatic heterocycles. The number of nitrogens with zero attached hydrogens (tertiary/aromatic N) is 2. The monoisotopic (exact) mass is 284 g/mol. The van der Waals surface area contributed by atoms with Crippen molar-refractivity contribution < 1.29 is 4.79 Å². The van der Waals surface area contributed by atoms with Crippen LogP contribution in [-0.2, 0) is 13.5 Å². The summed E-state index contributed by atoms with van der Waals surface area (Å²) in [4.78, 5) is 16.9. The number of Topliss-reactive ketones (excluding diaryl/α,β-unsaturated/α-hetero) is 1. The van der Waals surface area contributed by atoms with Gasteiger partial charge >= 0.3 is 0 Å². The van der Waals surface area contributed by atoms with Crippen LogP contribution in [0.15, 0.2) is 28.3 Å². The second kappa shape index (κ2) is 4.28. The summed E-state index contributed by atoms with van der Waals surface area (Å²) >= 11 is 4.94. The van der Waals surface area contributed by atoms with Gasteiger partial charge < -0.3 is 4.57 Å². The Bertz CT molecular complexity index is 489. The fourth-order valence-corrected chi connectivity index (χ4v) is 2.77. The first-order chi connectivity index (χ1) is 7.16. The van der Waals surface area contributed by atoms with Crippen molar-refractivity contribution >= 4 is 33.0 Å². The van der Waals surface area contributed by atoms with Gasteiger partial charge in [-0.05, 0) is 22.0 Å². The number of hydrogen-bond donors (Lipinski definition) is 0. The molecule has 0 saturated heterocycles. The third-order valence-corrected chi connectivity index (χ3v) is 3.72. The number of carbonyl (C=O) groups is 1. The predicted molar refractivity (Wildman–Crippen MR) is 63.3 cm³/mol. The summed E-state index contributed by atoms with van der Waals surface area (Å²) in [6.45, 7) is 0. The number of halogens is 1. The Balaban J connectivity index is 2.14. The van der Waals surface area contributed by atoms with E-state index in [9.17, 15) is 4.79 Å². The SMILES string of the molecule is Cn1ccnc1C(=O)Cc1cc(Br)cs1. The van der Waals surface area contributed by atoms with Gasteiger partial charge in [-0.15, -0.1) is 11.3 Å². The molecule has 0 aliphatic carbocycles. The highest BCUT2D eigenvalue weighted by atomic mass is 79.9. The molecule has 0 spiro atoms. The summed E-state index contributed by atoms with van der Waals surface area (Å²) in [5.74, 6) is 0.566. The Morgan fingerprint density at radius 1 is 1.67 bits per heavy atom. The van der Waals surface area contributed by atoms with Gasteiger partial charge in [-0.25, -0.2) is 4.98 Å². The fraction of sp³-hybridized carbons (Fsp3) is 0.200. The Kier molecular flexibility index (Phi) is 3.02. The number of carbonyl (C=O) groups excluding carboxylic acids is 1. The van der Waals surface area contributed by atoms with Crippen LogP contribution in [0.5, 0.6) is 0 Å². The molecule has 2 aromatic rings. The lowest BCUT2D eigenvalue weighted by Gasteiger charge is -1.98. The fourth-order valence-electron chi connectivity index (χ4n) is 1.32. The molecule has 0 aliphatic rings. The lowest BCUT2D eigenvalue weighted by Crippen LogP contribution is -2.09. The van der Waals surface area contributed by atoms with Crippen molar-refractivity contribution in [1.82, 2.24) is 9.55 Å². The van der Waals surface area contributed by atoms with Crippen molar-refractivity contribution in [2.24, 2.45) is 7.05 Å². The van der Waals surface area contributed by atoms with Gasteiger partial charge in [0.15, 0.2) is 5.82 Å². The van der Waals surface area contributed by atoms with Gasteiger partial charge in [0.1, 0.15) is 0 Å². The molecule has 2 heterocycles. The van der Waals surface area contributed by atoms with Crippen molar-refractivity contribution in [1.29, 1.82) is 0 Å². The van der Waals surface area contributed by atoms with Gasteiger partial charge in [0.25, 0.3) is 0 Å². The first-order valence-corrected chi connectivity index (χ1v) is 6.07. The van der Waals surface area contributed by atoms with Gasteiger partial charge in [-0.3, -0.25) is 4.79 Å². The zero-order valence-electron chi connectivity index (χ0n) is 8.11. The lowest BCUT2D eigenvalue weighted by molar-refractivity contribution is 0.0981. The molecule has 0 amide bonds. The van der Waals surface area contributed by atoms with Crippen molar-refractivity contribution in [3.63, 3.8) is 0 Å². The number of imidazole rings is 1. The molecule has 0 aromatic carbocycles. The zero-order chi connectivity index (χ0) is 10.8. The molecule has 0 bridgehead atoms. The standard InChI is InChI=1S/C10H9BrN2OS/c1-13-3-2-12-10(13)9(14)5-8-4-7(11)6-15-8/h2-4,6H,5H2,1H3. The van der Waals surface area contributed by atoms with E-state index < -0.39 is 0 Å². The molecule has 5 heteroatoms. The largest absolute Gasteiger partial charge is 0.332 e. The topological polar surface area (TPSA) is 34.9 Å². The zero-order valence-corrected chi connectivity index (χ0v) is 10.5. The molecule has 15 heavy (non-hydrogen) atoms.